The van der Waals surface area contributed by atoms with Crippen molar-refractivity contribution in [1.82, 2.24) is 0 Å². The lowest BCUT2D eigenvalue weighted by Gasteiger charge is -2.25. The minimum Gasteiger partial charge on any atom is -0.386 e. The van der Waals surface area contributed by atoms with Gasteiger partial charge in [0.25, 0.3) is 0 Å². The average molecular weight is 182 g/mol. The summed E-state index contributed by atoms with van der Waals surface area (Å²) < 4.78 is 0. The van der Waals surface area contributed by atoms with Crippen LogP contribution in [-0.2, 0) is 0 Å². The molecule has 0 aromatic rings. The van der Waals surface area contributed by atoms with Gasteiger partial charge in [0.05, 0.1) is 5.60 Å². The van der Waals surface area contributed by atoms with E-state index in [0.29, 0.717) is 0 Å². The van der Waals surface area contributed by atoms with Crippen LogP contribution in [0.4, 0.5) is 0 Å². The molecular weight excluding hydrogens is 160 g/mol. The summed E-state index contributed by atoms with van der Waals surface area (Å²) in [6.45, 7) is 3.73. The first-order valence-electron chi connectivity index (χ1n) is 5.63. The first-order valence-corrected chi connectivity index (χ1v) is 5.63. The predicted molar refractivity (Wildman–Crippen MR) is 56.7 cm³/mol. The Morgan fingerprint density at radius 3 is 1.62 bits per heavy atom. The van der Waals surface area contributed by atoms with Gasteiger partial charge in [0.2, 0.25) is 0 Å². The van der Waals surface area contributed by atoms with Gasteiger partial charge in [0, 0.05) is 0 Å². The molecule has 1 saturated carbocycles. The minimum atomic E-state index is -0.558. The summed E-state index contributed by atoms with van der Waals surface area (Å²) in [5.41, 5.74) is -0.558. The zero-order chi connectivity index (χ0) is 9.57. The first kappa shape index (κ1) is 10.8. The summed E-state index contributed by atoms with van der Waals surface area (Å²) >= 11 is 0. The third-order valence-electron chi connectivity index (χ3n) is 3.10. The van der Waals surface area contributed by atoms with Crippen LogP contribution < -0.4 is 0 Å². The van der Waals surface area contributed by atoms with Gasteiger partial charge in [-0.1, -0.05) is 51.0 Å². The van der Waals surface area contributed by atoms with Gasteiger partial charge in [-0.3, -0.25) is 0 Å². The van der Waals surface area contributed by atoms with Gasteiger partial charge >= 0.3 is 0 Å². The van der Waals surface area contributed by atoms with Crippen LogP contribution in [0.1, 0.15) is 57.8 Å². The van der Waals surface area contributed by atoms with Crippen LogP contribution in [0.2, 0.25) is 0 Å². The number of rotatable bonds is 1. The smallest absolute Gasteiger partial charge is 0.0825 e. The molecule has 0 amide bonds. The third-order valence-corrected chi connectivity index (χ3v) is 3.10. The van der Waals surface area contributed by atoms with Crippen molar-refractivity contribution in [3.05, 3.63) is 12.7 Å². The molecule has 1 fully saturated rings. The van der Waals surface area contributed by atoms with Crippen molar-refractivity contribution < 1.29 is 5.11 Å². The molecule has 76 valence electrons. The minimum absolute atomic E-state index is 0.558. The molecule has 0 saturated heterocycles. The van der Waals surface area contributed by atoms with E-state index < -0.39 is 5.60 Å². The highest BCUT2D eigenvalue weighted by Crippen LogP contribution is 2.25. The molecule has 1 nitrogen and oxygen atoms in total. The number of hydrogen-bond donors (Lipinski definition) is 1. The van der Waals surface area contributed by atoms with Gasteiger partial charge in [-0.25, -0.2) is 0 Å². The Balaban J connectivity index is 2.39. The van der Waals surface area contributed by atoms with E-state index >= 15 is 0 Å². The van der Waals surface area contributed by atoms with Gasteiger partial charge in [-0.15, -0.1) is 6.58 Å². The fraction of sp³-hybridized carbons (Fsp3) is 0.833. The molecule has 1 aliphatic rings. The zero-order valence-electron chi connectivity index (χ0n) is 8.60. The molecule has 13 heavy (non-hydrogen) atoms. The van der Waals surface area contributed by atoms with Crippen molar-refractivity contribution in [1.29, 1.82) is 0 Å². The number of aliphatic hydroxyl groups is 1. The van der Waals surface area contributed by atoms with Crippen molar-refractivity contribution in [2.45, 2.75) is 63.4 Å². The summed E-state index contributed by atoms with van der Waals surface area (Å²) in [6, 6.07) is 0. The largest absolute Gasteiger partial charge is 0.386 e. The van der Waals surface area contributed by atoms with Gasteiger partial charge < -0.3 is 5.11 Å². The third kappa shape index (κ3) is 3.95. The Morgan fingerprint density at radius 2 is 1.23 bits per heavy atom. The molecule has 0 spiro atoms. The second-order valence-electron chi connectivity index (χ2n) is 4.28. The van der Waals surface area contributed by atoms with E-state index in [9.17, 15) is 5.11 Å². The van der Waals surface area contributed by atoms with Crippen LogP contribution in [0.3, 0.4) is 0 Å². The molecule has 0 aromatic carbocycles. The molecule has 0 atom stereocenters. The summed E-state index contributed by atoms with van der Waals surface area (Å²) in [4.78, 5) is 0. The topological polar surface area (TPSA) is 20.2 Å². The highest BCUT2D eigenvalue weighted by atomic mass is 16.3. The lowest BCUT2D eigenvalue weighted by molar-refractivity contribution is 0.0654. The Hall–Kier alpha value is -0.300. The lowest BCUT2D eigenvalue weighted by Crippen LogP contribution is -2.25. The van der Waals surface area contributed by atoms with Crippen molar-refractivity contribution in [3.63, 3.8) is 0 Å². The Bertz CT molecular complexity index is 141. The first-order chi connectivity index (χ1) is 6.27. The highest BCUT2D eigenvalue weighted by molar-refractivity contribution is 4.95. The van der Waals surface area contributed by atoms with Gasteiger partial charge in [0.15, 0.2) is 0 Å². The van der Waals surface area contributed by atoms with E-state index in [2.05, 4.69) is 6.58 Å². The normalized spacial score (nSPS) is 25.0. The van der Waals surface area contributed by atoms with E-state index in [0.717, 1.165) is 25.7 Å². The average Bonchev–Trinajstić information content (AvgIpc) is 2.16. The maximum atomic E-state index is 10.1. The molecular formula is C12H22O. The Morgan fingerprint density at radius 1 is 0.846 bits per heavy atom. The highest BCUT2D eigenvalue weighted by Gasteiger charge is 2.21. The quantitative estimate of drug-likeness (QED) is 0.616. The van der Waals surface area contributed by atoms with Crippen LogP contribution in [0, 0.1) is 0 Å². The van der Waals surface area contributed by atoms with Gasteiger partial charge in [-0.05, 0) is 12.8 Å². The molecule has 0 heterocycles. The van der Waals surface area contributed by atoms with Gasteiger partial charge in [-0.2, -0.15) is 0 Å². The molecule has 1 N–H and O–H groups in total. The number of hydrogen-bond acceptors (Lipinski definition) is 1. The summed E-state index contributed by atoms with van der Waals surface area (Å²) in [6.07, 6.45) is 12.5. The van der Waals surface area contributed by atoms with E-state index in [1.807, 2.05) is 0 Å². The van der Waals surface area contributed by atoms with E-state index in [-0.39, 0.29) is 0 Å². The van der Waals surface area contributed by atoms with Crippen molar-refractivity contribution in [2.75, 3.05) is 0 Å². The fourth-order valence-corrected chi connectivity index (χ4v) is 2.08. The van der Waals surface area contributed by atoms with Crippen LogP contribution >= 0.6 is 0 Å². The molecule has 0 aliphatic heterocycles. The summed E-state index contributed by atoms with van der Waals surface area (Å²) in [5, 5.41) is 10.1. The predicted octanol–water partition coefficient (Wildman–Crippen LogP) is 3.43. The standard InChI is InChI=1S/C12H22O/c1-2-12(13)10-8-6-4-3-5-7-9-11-12/h2,13H,1,3-11H2. The maximum absolute atomic E-state index is 10.1. The second-order valence-corrected chi connectivity index (χ2v) is 4.28. The van der Waals surface area contributed by atoms with E-state index in [4.69, 9.17) is 0 Å². The molecule has 1 heteroatoms. The van der Waals surface area contributed by atoms with Crippen LogP contribution in [0.15, 0.2) is 12.7 Å². The molecule has 0 bridgehead atoms. The molecule has 0 aromatic heterocycles. The van der Waals surface area contributed by atoms with Crippen LogP contribution in [0.25, 0.3) is 0 Å². The molecule has 1 aliphatic carbocycles. The van der Waals surface area contributed by atoms with E-state index in [1.54, 1.807) is 6.08 Å². The van der Waals surface area contributed by atoms with Crippen LogP contribution in [-0.4, -0.2) is 10.7 Å². The van der Waals surface area contributed by atoms with Gasteiger partial charge in [0.1, 0.15) is 0 Å². The Kier molecular flexibility index (Phi) is 4.51. The molecule has 1 rings (SSSR count). The zero-order valence-corrected chi connectivity index (χ0v) is 8.60. The van der Waals surface area contributed by atoms with Crippen molar-refractivity contribution in [2.24, 2.45) is 0 Å². The van der Waals surface area contributed by atoms with Crippen molar-refractivity contribution in [3.8, 4) is 0 Å². The van der Waals surface area contributed by atoms with E-state index in [1.165, 1.54) is 32.1 Å². The fourth-order valence-electron chi connectivity index (χ4n) is 2.08. The second kappa shape index (κ2) is 5.43. The summed E-state index contributed by atoms with van der Waals surface area (Å²) in [7, 11) is 0. The monoisotopic (exact) mass is 182 g/mol. The van der Waals surface area contributed by atoms with Crippen LogP contribution in [0.5, 0.6) is 0 Å². The molecule has 0 unspecified atom stereocenters. The Labute approximate surface area is 81.9 Å². The maximum Gasteiger partial charge on any atom is 0.0825 e. The van der Waals surface area contributed by atoms with Crippen molar-refractivity contribution >= 4 is 0 Å². The SMILES string of the molecule is C=CC1(O)CCCCCCCCC1. The molecule has 0 radical (unpaired) electrons. The lowest BCUT2D eigenvalue weighted by atomic mass is 9.88. The summed E-state index contributed by atoms with van der Waals surface area (Å²) in [5.74, 6) is 0.